The van der Waals surface area contributed by atoms with Gasteiger partial charge in [-0.25, -0.2) is 0 Å². The molecule has 1 unspecified atom stereocenters. The van der Waals surface area contributed by atoms with Crippen molar-refractivity contribution in [2.75, 3.05) is 6.54 Å². The first-order valence-electron chi connectivity index (χ1n) is 13.0. The minimum Gasteiger partial charge on any atom is -0.481 e. The highest BCUT2D eigenvalue weighted by Crippen LogP contribution is 2.48. The third-order valence-corrected chi connectivity index (χ3v) is 7.84. The standard InChI is InChI=1S/C32H25Cl2N3O3/c1-18-30(22-15-23(33)17-24(34)16-22)36-37-27(26-11-10-20-4-2-3-5-25(20)29(26)31(18)37)14-19-6-8-21(9-7-19)32(40)35-13-12-28(38)39/h2-11,15-17,27H,12-14H2,1H3,(H,35,40)(H,38,39). The number of aliphatic carboxylic acids is 1. The molecule has 6 nitrogen and oxygen atoms in total. The average Bonchev–Trinajstić information content (AvgIpc) is 3.43. The van der Waals surface area contributed by atoms with E-state index in [1.807, 2.05) is 30.3 Å². The molecule has 6 rings (SSSR count). The van der Waals surface area contributed by atoms with Gasteiger partial charge >= 0.3 is 5.97 Å². The SMILES string of the molecule is Cc1c(-c2cc(Cl)cc(Cl)c2)nn2c1-c1c(ccc3ccccc13)C2Cc1ccc(C(=O)NCCC(=O)O)cc1. The van der Waals surface area contributed by atoms with Gasteiger partial charge in [0, 0.05) is 38.8 Å². The number of hydrogen-bond acceptors (Lipinski definition) is 3. The average molecular weight is 570 g/mol. The molecule has 2 N–H and O–H groups in total. The summed E-state index contributed by atoms with van der Waals surface area (Å²) in [6, 6.07) is 25.6. The molecule has 0 saturated carbocycles. The molecule has 0 bridgehead atoms. The minimum absolute atomic E-state index is 0.0491. The molecule has 0 aliphatic carbocycles. The van der Waals surface area contributed by atoms with E-state index in [1.165, 1.54) is 21.9 Å². The van der Waals surface area contributed by atoms with Gasteiger partial charge in [0.1, 0.15) is 0 Å². The van der Waals surface area contributed by atoms with Gasteiger partial charge in [-0.05, 0) is 65.6 Å². The summed E-state index contributed by atoms with van der Waals surface area (Å²) >= 11 is 12.7. The Labute approximate surface area is 241 Å². The highest BCUT2D eigenvalue weighted by Gasteiger charge is 2.34. The van der Waals surface area contributed by atoms with Crippen LogP contribution in [0.15, 0.2) is 78.9 Å². The lowest BCUT2D eigenvalue weighted by Gasteiger charge is -2.15. The zero-order chi connectivity index (χ0) is 28.0. The lowest BCUT2D eigenvalue weighted by molar-refractivity contribution is -0.136. The number of rotatable bonds is 7. The van der Waals surface area contributed by atoms with Gasteiger partial charge < -0.3 is 10.4 Å². The maximum Gasteiger partial charge on any atom is 0.305 e. The number of aromatic nitrogens is 2. The van der Waals surface area contributed by atoms with Gasteiger partial charge in [0.05, 0.1) is 23.9 Å². The normalized spacial score (nSPS) is 13.7. The molecule has 1 atom stereocenters. The van der Waals surface area contributed by atoms with Crippen LogP contribution in [0.4, 0.5) is 0 Å². The molecule has 0 fully saturated rings. The third-order valence-electron chi connectivity index (χ3n) is 7.41. The lowest BCUT2D eigenvalue weighted by Crippen LogP contribution is -2.25. The molecule has 0 saturated heterocycles. The van der Waals surface area contributed by atoms with E-state index in [0.29, 0.717) is 22.0 Å². The first-order chi connectivity index (χ1) is 19.3. The van der Waals surface area contributed by atoms with Crippen LogP contribution in [0.5, 0.6) is 0 Å². The van der Waals surface area contributed by atoms with Crippen molar-refractivity contribution in [3.63, 3.8) is 0 Å². The van der Waals surface area contributed by atoms with E-state index in [2.05, 4.69) is 47.3 Å². The molecule has 1 aliphatic rings. The summed E-state index contributed by atoms with van der Waals surface area (Å²) < 4.78 is 2.11. The molecule has 8 heteroatoms. The second-order valence-electron chi connectivity index (χ2n) is 9.99. The summed E-state index contributed by atoms with van der Waals surface area (Å²) in [5.74, 6) is -1.24. The number of amides is 1. The summed E-state index contributed by atoms with van der Waals surface area (Å²) in [4.78, 5) is 23.2. The van der Waals surface area contributed by atoms with Crippen LogP contribution in [-0.2, 0) is 11.2 Å². The van der Waals surface area contributed by atoms with E-state index >= 15 is 0 Å². The van der Waals surface area contributed by atoms with E-state index in [4.69, 9.17) is 33.4 Å². The molecule has 40 heavy (non-hydrogen) atoms. The monoisotopic (exact) mass is 569 g/mol. The highest BCUT2D eigenvalue weighted by molar-refractivity contribution is 6.35. The van der Waals surface area contributed by atoms with E-state index in [1.54, 1.807) is 18.2 Å². The van der Waals surface area contributed by atoms with Gasteiger partial charge in [0.2, 0.25) is 0 Å². The zero-order valence-corrected chi connectivity index (χ0v) is 23.1. The Morgan fingerprint density at radius 1 is 0.975 bits per heavy atom. The number of nitrogens with one attached hydrogen (secondary N) is 1. The summed E-state index contributed by atoms with van der Waals surface area (Å²) in [5.41, 5.74) is 7.79. The van der Waals surface area contributed by atoms with E-state index in [9.17, 15) is 9.59 Å². The molecule has 4 aromatic carbocycles. The van der Waals surface area contributed by atoms with Crippen molar-refractivity contribution in [1.82, 2.24) is 15.1 Å². The molecule has 1 amide bonds. The zero-order valence-electron chi connectivity index (χ0n) is 21.6. The maximum atomic E-state index is 12.4. The topological polar surface area (TPSA) is 84.2 Å². The quantitative estimate of drug-likeness (QED) is 0.215. The smallest absolute Gasteiger partial charge is 0.305 e. The minimum atomic E-state index is -0.949. The Bertz CT molecular complexity index is 1770. The van der Waals surface area contributed by atoms with Gasteiger partial charge in [-0.3, -0.25) is 14.3 Å². The molecule has 2 heterocycles. The van der Waals surface area contributed by atoms with Gasteiger partial charge in [0.25, 0.3) is 5.91 Å². The van der Waals surface area contributed by atoms with Crippen molar-refractivity contribution >= 4 is 45.9 Å². The Morgan fingerprint density at radius 3 is 2.42 bits per heavy atom. The fourth-order valence-corrected chi connectivity index (χ4v) is 6.09. The number of halogens is 2. The second-order valence-corrected chi connectivity index (χ2v) is 10.9. The van der Waals surface area contributed by atoms with Crippen molar-refractivity contribution in [2.45, 2.75) is 25.8 Å². The van der Waals surface area contributed by atoms with Crippen LogP contribution < -0.4 is 5.32 Å². The Kier molecular flexibility index (Phi) is 6.82. The molecule has 0 radical (unpaired) electrons. The predicted octanol–water partition coefficient (Wildman–Crippen LogP) is 7.34. The number of carboxylic acids is 1. The van der Waals surface area contributed by atoms with Crippen molar-refractivity contribution < 1.29 is 14.7 Å². The molecular formula is C32H25Cl2N3O3. The number of carbonyl (C=O) groups excluding carboxylic acids is 1. The van der Waals surface area contributed by atoms with E-state index < -0.39 is 5.97 Å². The fourth-order valence-electron chi connectivity index (χ4n) is 5.57. The second kappa shape index (κ2) is 10.5. The Hall–Kier alpha value is -4.13. The van der Waals surface area contributed by atoms with E-state index in [0.717, 1.165) is 28.1 Å². The molecule has 1 aromatic heterocycles. The molecular weight excluding hydrogens is 545 g/mol. The first kappa shape index (κ1) is 26.1. The molecule has 5 aromatic rings. The van der Waals surface area contributed by atoms with Crippen molar-refractivity contribution in [1.29, 1.82) is 0 Å². The van der Waals surface area contributed by atoms with Crippen LogP contribution >= 0.6 is 23.2 Å². The largest absolute Gasteiger partial charge is 0.481 e. The van der Waals surface area contributed by atoms with Gasteiger partial charge in [-0.15, -0.1) is 0 Å². The Balaban J connectivity index is 1.39. The van der Waals surface area contributed by atoms with Crippen LogP contribution in [0.3, 0.4) is 0 Å². The number of benzene rings is 4. The summed E-state index contributed by atoms with van der Waals surface area (Å²) in [6.07, 6.45) is 0.560. The molecule has 200 valence electrons. The number of fused-ring (bicyclic) bond motifs is 5. The van der Waals surface area contributed by atoms with Gasteiger partial charge in [-0.1, -0.05) is 71.7 Å². The van der Waals surface area contributed by atoms with Crippen LogP contribution in [0.25, 0.3) is 33.3 Å². The van der Waals surface area contributed by atoms with Crippen molar-refractivity contribution in [3.05, 3.63) is 111 Å². The summed E-state index contributed by atoms with van der Waals surface area (Å²) in [6.45, 7) is 2.18. The fraction of sp³-hybridized carbons (Fsp3) is 0.156. The first-order valence-corrected chi connectivity index (χ1v) is 13.7. The number of hydrogen-bond donors (Lipinski definition) is 2. The van der Waals surface area contributed by atoms with Gasteiger partial charge in [-0.2, -0.15) is 5.10 Å². The third kappa shape index (κ3) is 4.74. The summed E-state index contributed by atoms with van der Waals surface area (Å²) in [5, 5.41) is 20.0. The summed E-state index contributed by atoms with van der Waals surface area (Å²) in [7, 11) is 0. The number of nitrogens with zero attached hydrogens (tertiary/aromatic N) is 2. The van der Waals surface area contributed by atoms with Crippen LogP contribution in [0.2, 0.25) is 10.0 Å². The van der Waals surface area contributed by atoms with Crippen LogP contribution in [0.1, 0.15) is 39.5 Å². The van der Waals surface area contributed by atoms with Crippen molar-refractivity contribution in [3.8, 4) is 22.5 Å². The van der Waals surface area contributed by atoms with Gasteiger partial charge in [0.15, 0.2) is 0 Å². The van der Waals surface area contributed by atoms with Crippen LogP contribution in [-0.4, -0.2) is 33.3 Å². The number of carbonyl (C=O) groups is 2. The Morgan fingerprint density at radius 2 is 1.70 bits per heavy atom. The maximum absolute atomic E-state index is 12.4. The van der Waals surface area contributed by atoms with Crippen LogP contribution in [0, 0.1) is 6.92 Å². The molecule has 0 spiro atoms. The predicted molar refractivity (Wildman–Crippen MR) is 158 cm³/mol. The van der Waals surface area contributed by atoms with E-state index in [-0.39, 0.29) is 24.9 Å². The highest BCUT2D eigenvalue weighted by atomic mass is 35.5. The van der Waals surface area contributed by atoms with Crippen molar-refractivity contribution in [2.24, 2.45) is 0 Å². The lowest BCUT2D eigenvalue weighted by atomic mass is 9.91. The molecule has 1 aliphatic heterocycles. The number of carboxylic acid groups (broad SMARTS) is 1.